The third-order valence-electron chi connectivity index (χ3n) is 1.49. The minimum Gasteiger partial charge on any atom is -0.325 e. The van der Waals surface area contributed by atoms with Crippen LogP contribution in [0.25, 0.3) is 0 Å². The van der Waals surface area contributed by atoms with Gasteiger partial charge in [-0.05, 0) is 6.92 Å². The first-order chi connectivity index (χ1) is 5.29. The lowest BCUT2D eigenvalue weighted by molar-refractivity contribution is 0.651. The lowest BCUT2D eigenvalue weighted by Crippen LogP contribution is -2.02. The van der Waals surface area contributed by atoms with Crippen LogP contribution in [0, 0.1) is 18.3 Å². The quantitative estimate of drug-likeness (QED) is 0.621. The summed E-state index contributed by atoms with van der Waals surface area (Å²) < 4.78 is 1.53. The van der Waals surface area contributed by atoms with Crippen molar-refractivity contribution >= 4 is 0 Å². The smallest absolute Gasteiger partial charge is 0.130 e. The molecule has 0 saturated heterocycles. The van der Waals surface area contributed by atoms with Crippen LogP contribution in [-0.4, -0.2) is 15.0 Å². The zero-order valence-corrected chi connectivity index (χ0v) is 6.28. The molecule has 0 aliphatic rings. The molecular formula is C6H9N5. The number of rotatable bonds is 2. The van der Waals surface area contributed by atoms with Crippen molar-refractivity contribution < 1.29 is 0 Å². The molecule has 0 saturated carbocycles. The Morgan fingerprint density at radius 2 is 2.45 bits per heavy atom. The fraction of sp³-hybridized carbons (Fsp3) is 0.500. The second kappa shape index (κ2) is 3.12. The van der Waals surface area contributed by atoms with Crippen LogP contribution in [0.4, 0.5) is 0 Å². The molecule has 11 heavy (non-hydrogen) atoms. The molecule has 0 spiro atoms. The molecule has 2 N–H and O–H groups in total. The molecule has 0 bridgehead atoms. The van der Waals surface area contributed by atoms with Crippen molar-refractivity contribution in [2.24, 2.45) is 5.73 Å². The van der Waals surface area contributed by atoms with Crippen molar-refractivity contribution in [2.45, 2.75) is 20.0 Å². The zero-order chi connectivity index (χ0) is 8.27. The van der Waals surface area contributed by atoms with Gasteiger partial charge in [-0.25, -0.2) is 4.68 Å². The predicted molar refractivity (Wildman–Crippen MR) is 38.3 cm³/mol. The Labute approximate surface area is 64.4 Å². The Bertz CT molecular complexity index is 282. The topological polar surface area (TPSA) is 80.5 Å². The average Bonchev–Trinajstić information content (AvgIpc) is 2.34. The molecule has 0 unspecified atom stereocenters. The highest BCUT2D eigenvalue weighted by molar-refractivity contribution is 5.07. The minimum absolute atomic E-state index is 0.235. The van der Waals surface area contributed by atoms with Gasteiger partial charge < -0.3 is 5.73 Å². The maximum Gasteiger partial charge on any atom is 0.130 e. The van der Waals surface area contributed by atoms with Gasteiger partial charge in [-0.1, -0.05) is 5.21 Å². The Hall–Kier alpha value is -1.41. The third-order valence-corrected chi connectivity index (χ3v) is 1.49. The van der Waals surface area contributed by atoms with E-state index in [-0.39, 0.29) is 6.54 Å². The summed E-state index contributed by atoms with van der Waals surface area (Å²) in [5, 5.41) is 15.9. The number of nitriles is 1. The molecule has 5 nitrogen and oxygen atoms in total. The third kappa shape index (κ3) is 1.36. The zero-order valence-electron chi connectivity index (χ0n) is 6.28. The van der Waals surface area contributed by atoms with E-state index in [1.165, 1.54) is 4.68 Å². The van der Waals surface area contributed by atoms with E-state index in [1.807, 2.05) is 13.0 Å². The summed E-state index contributed by atoms with van der Waals surface area (Å²) in [6.07, 6.45) is 0. The predicted octanol–water partition coefficient (Wildman–Crippen LogP) is -0.431. The van der Waals surface area contributed by atoms with Crippen molar-refractivity contribution in [1.29, 1.82) is 5.26 Å². The molecule has 1 aromatic heterocycles. The van der Waals surface area contributed by atoms with E-state index < -0.39 is 0 Å². The molecule has 0 aliphatic heterocycles. The molecule has 0 radical (unpaired) electrons. The maximum atomic E-state index is 8.36. The van der Waals surface area contributed by atoms with Gasteiger partial charge in [0, 0.05) is 6.54 Å². The molecule has 0 amide bonds. The van der Waals surface area contributed by atoms with Crippen LogP contribution < -0.4 is 5.73 Å². The minimum atomic E-state index is 0.235. The van der Waals surface area contributed by atoms with Gasteiger partial charge in [0.2, 0.25) is 0 Å². The van der Waals surface area contributed by atoms with Gasteiger partial charge >= 0.3 is 0 Å². The van der Waals surface area contributed by atoms with E-state index in [2.05, 4.69) is 10.3 Å². The number of hydrogen-bond donors (Lipinski definition) is 1. The summed E-state index contributed by atoms with van der Waals surface area (Å²) in [7, 11) is 0. The molecule has 58 valence electrons. The highest BCUT2D eigenvalue weighted by Gasteiger charge is 2.04. The summed E-state index contributed by atoms with van der Waals surface area (Å²) in [6.45, 7) is 2.45. The van der Waals surface area contributed by atoms with Crippen LogP contribution in [0.15, 0.2) is 0 Å². The van der Waals surface area contributed by atoms with E-state index in [0.717, 1.165) is 11.4 Å². The molecule has 0 aromatic carbocycles. The van der Waals surface area contributed by atoms with Crippen LogP contribution >= 0.6 is 0 Å². The highest BCUT2D eigenvalue weighted by Crippen LogP contribution is 2.00. The van der Waals surface area contributed by atoms with Crippen molar-refractivity contribution in [3.05, 3.63) is 11.4 Å². The van der Waals surface area contributed by atoms with Crippen molar-refractivity contribution in [3.8, 4) is 6.07 Å². The number of nitrogens with zero attached hydrogens (tertiary/aromatic N) is 4. The average molecular weight is 151 g/mol. The fourth-order valence-corrected chi connectivity index (χ4v) is 0.802. The van der Waals surface area contributed by atoms with Crippen LogP contribution in [0.2, 0.25) is 0 Å². The van der Waals surface area contributed by atoms with E-state index in [9.17, 15) is 0 Å². The Morgan fingerprint density at radius 3 is 2.91 bits per heavy atom. The molecule has 5 heteroatoms. The van der Waals surface area contributed by atoms with Gasteiger partial charge in [0.15, 0.2) is 0 Å². The summed E-state index contributed by atoms with van der Waals surface area (Å²) in [6, 6.07) is 1.98. The summed E-state index contributed by atoms with van der Waals surface area (Å²) in [5.41, 5.74) is 6.98. The normalized spacial score (nSPS) is 9.55. The second-order valence-electron chi connectivity index (χ2n) is 2.14. The van der Waals surface area contributed by atoms with E-state index in [4.69, 9.17) is 11.0 Å². The standard InChI is InChI=1S/C6H9N5/c1-5-6(4-8)9-10-11(5)3-2-7/h3-4,8H2,1H3. The molecular weight excluding hydrogens is 142 g/mol. The largest absolute Gasteiger partial charge is 0.325 e. The first kappa shape index (κ1) is 7.69. The Morgan fingerprint density at radius 1 is 1.73 bits per heavy atom. The molecule has 0 aliphatic carbocycles. The highest BCUT2D eigenvalue weighted by atomic mass is 15.4. The van der Waals surface area contributed by atoms with Gasteiger partial charge in [-0.15, -0.1) is 5.10 Å². The SMILES string of the molecule is Cc1c(CN)nnn1CC#N. The van der Waals surface area contributed by atoms with Gasteiger partial charge in [0.25, 0.3) is 0 Å². The van der Waals surface area contributed by atoms with Crippen molar-refractivity contribution in [2.75, 3.05) is 0 Å². The summed E-state index contributed by atoms with van der Waals surface area (Å²) in [4.78, 5) is 0. The molecule has 1 heterocycles. The molecule has 1 rings (SSSR count). The summed E-state index contributed by atoms with van der Waals surface area (Å²) in [5.74, 6) is 0. The Kier molecular flexibility index (Phi) is 2.18. The monoisotopic (exact) mass is 151 g/mol. The van der Waals surface area contributed by atoms with Gasteiger partial charge in [-0.3, -0.25) is 0 Å². The first-order valence-corrected chi connectivity index (χ1v) is 3.25. The summed E-state index contributed by atoms with van der Waals surface area (Å²) >= 11 is 0. The van der Waals surface area contributed by atoms with Crippen molar-refractivity contribution in [1.82, 2.24) is 15.0 Å². The Balaban J connectivity index is 2.93. The molecule has 0 atom stereocenters. The van der Waals surface area contributed by atoms with Gasteiger partial charge in [-0.2, -0.15) is 5.26 Å². The number of nitrogens with two attached hydrogens (primary N) is 1. The van der Waals surface area contributed by atoms with E-state index in [1.54, 1.807) is 0 Å². The lowest BCUT2D eigenvalue weighted by Gasteiger charge is -1.94. The van der Waals surface area contributed by atoms with Gasteiger partial charge in [0.05, 0.1) is 17.5 Å². The maximum absolute atomic E-state index is 8.36. The van der Waals surface area contributed by atoms with Crippen LogP contribution in [0.1, 0.15) is 11.4 Å². The van der Waals surface area contributed by atoms with Crippen LogP contribution in [0.5, 0.6) is 0 Å². The molecule has 0 fully saturated rings. The van der Waals surface area contributed by atoms with E-state index in [0.29, 0.717) is 6.54 Å². The second-order valence-corrected chi connectivity index (χ2v) is 2.14. The van der Waals surface area contributed by atoms with Crippen LogP contribution in [-0.2, 0) is 13.1 Å². The fourth-order valence-electron chi connectivity index (χ4n) is 0.802. The lowest BCUT2D eigenvalue weighted by atomic mass is 10.3. The van der Waals surface area contributed by atoms with E-state index >= 15 is 0 Å². The number of hydrogen-bond acceptors (Lipinski definition) is 4. The molecule has 1 aromatic rings. The van der Waals surface area contributed by atoms with Gasteiger partial charge in [0.1, 0.15) is 6.54 Å². The number of aromatic nitrogens is 3. The first-order valence-electron chi connectivity index (χ1n) is 3.25. The van der Waals surface area contributed by atoms with Crippen molar-refractivity contribution in [3.63, 3.8) is 0 Å². The van der Waals surface area contributed by atoms with Crippen LogP contribution in [0.3, 0.4) is 0 Å².